The molecule has 6 heteroatoms. The second-order valence-electron chi connectivity index (χ2n) is 7.11. The summed E-state index contributed by atoms with van der Waals surface area (Å²) in [5, 5.41) is 6.67. The Balaban J connectivity index is 1.58. The van der Waals surface area contributed by atoms with E-state index in [0.717, 1.165) is 16.7 Å². The number of rotatable bonds is 8. The molecule has 0 saturated heterocycles. The van der Waals surface area contributed by atoms with Crippen molar-refractivity contribution in [3.05, 3.63) is 102 Å². The summed E-state index contributed by atoms with van der Waals surface area (Å²) in [6, 6.07) is 24.0. The van der Waals surface area contributed by atoms with E-state index in [2.05, 4.69) is 32.7 Å². The van der Waals surface area contributed by atoms with E-state index in [1.54, 1.807) is 0 Å². The third-order valence-electron chi connectivity index (χ3n) is 4.73. The van der Waals surface area contributed by atoms with E-state index in [1.165, 1.54) is 0 Å². The highest BCUT2D eigenvalue weighted by atomic mass is 32.1. The lowest BCUT2D eigenvalue weighted by atomic mass is 10.1. The van der Waals surface area contributed by atoms with Gasteiger partial charge in [-0.2, -0.15) is 0 Å². The van der Waals surface area contributed by atoms with Crippen LogP contribution < -0.4 is 15.6 Å². The first-order valence-electron chi connectivity index (χ1n) is 9.98. The third-order valence-corrected chi connectivity index (χ3v) is 5.13. The zero-order valence-corrected chi connectivity index (χ0v) is 17.9. The zero-order chi connectivity index (χ0) is 21.2. The highest BCUT2D eigenvalue weighted by Gasteiger charge is 2.14. The second kappa shape index (κ2) is 11.1. The Kier molecular flexibility index (Phi) is 7.92. The lowest BCUT2D eigenvalue weighted by molar-refractivity contribution is -0.378. The van der Waals surface area contributed by atoms with E-state index in [9.17, 15) is 4.79 Å². The number of nitrogens with one attached hydrogen (secondary N) is 3. The van der Waals surface area contributed by atoms with Gasteiger partial charge in [0.2, 0.25) is 5.91 Å². The van der Waals surface area contributed by atoms with E-state index in [-0.39, 0.29) is 18.5 Å². The Morgan fingerprint density at radius 2 is 1.60 bits per heavy atom. The summed E-state index contributed by atoms with van der Waals surface area (Å²) >= 11 is 5.62. The predicted octanol–water partition coefficient (Wildman–Crippen LogP) is 3.25. The highest BCUT2D eigenvalue weighted by molar-refractivity contribution is 7.80. The Labute approximate surface area is 183 Å². The molecule has 2 aromatic carbocycles. The number of thiocarbonyl (C=S) groups is 1. The number of amides is 1. The van der Waals surface area contributed by atoms with E-state index in [0.29, 0.717) is 18.2 Å². The summed E-state index contributed by atoms with van der Waals surface area (Å²) in [6.45, 7) is 3.39. The lowest BCUT2D eigenvalue weighted by Crippen LogP contribution is -2.44. The Hall–Kier alpha value is -3.25. The van der Waals surface area contributed by atoms with Gasteiger partial charge in [-0.15, -0.1) is 0 Å². The monoisotopic (exact) mass is 419 g/mol. The first kappa shape index (κ1) is 21.5. The van der Waals surface area contributed by atoms with Gasteiger partial charge < -0.3 is 15.5 Å². The Morgan fingerprint density at radius 1 is 0.967 bits per heavy atom. The van der Waals surface area contributed by atoms with Gasteiger partial charge in [0.15, 0.2) is 17.5 Å². The lowest BCUT2D eigenvalue weighted by Gasteiger charge is -2.26. The van der Waals surface area contributed by atoms with Crippen LogP contribution in [-0.4, -0.2) is 22.5 Å². The molecule has 0 fully saturated rings. The number of hydrogen-bond acceptors (Lipinski definition) is 2. The van der Waals surface area contributed by atoms with Crippen molar-refractivity contribution in [2.45, 2.75) is 26.1 Å². The van der Waals surface area contributed by atoms with Crippen LogP contribution in [0, 0.1) is 0 Å². The number of aromatic amines is 1. The summed E-state index contributed by atoms with van der Waals surface area (Å²) in [4.78, 5) is 17.6. The fourth-order valence-electron chi connectivity index (χ4n) is 3.14. The van der Waals surface area contributed by atoms with E-state index in [1.807, 2.05) is 80.0 Å². The van der Waals surface area contributed by atoms with E-state index in [4.69, 9.17) is 12.2 Å². The van der Waals surface area contributed by atoms with Gasteiger partial charge in [0, 0.05) is 18.2 Å². The maximum atomic E-state index is 12.4. The van der Waals surface area contributed by atoms with Crippen molar-refractivity contribution in [1.29, 1.82) is 0 Å². The van der Waals surface area contributed by atoms with Crippen LogP contribution >= 0.6 is 12.2 Å². The minimum absolute atomic E-state index is 0.0608. The molecule has 0 saturated carbocycles. The SMILES string of the molecule is CC(NC(=O)CNC(=S)N(Cc1ccccc1)Cc1ccc[nH+]c1)c1ccccc1. The molecule has 0 bridgehead atoms. The average Bonchev–Trinajstić information content (AvgIpc) is 2.79. The smallest absolute Gasteiger partial charge is 0.239 e. The van der Waals surface area contributed by atoms with E-state index >= 15 is 0 Å². The normalized spacial score (nSPS) is 11.4. The number of pyridine rings is 1. The van der Waals surface area contributed by atoms with Crippen molar-refractivity contribution in [2.24, 2.45) is 0 Å². The molecule has 1 amide bonds. The number of benzene rings is 2. The van der Waals surface area contributed by atoms with Crippen molar-refractivity contribution in [3.63, 3.8) is 0 Å². The Morgan fingerprint density at radius 3 is 2.27 bits per heavy atom. The minimum atomic E-state index is -0.0959. The number of H-pyrrole nitrogens is 1. The predicted molar refractivity (Wildman–Crippen MR) is 122 cm³/mol. The molecule has 0 spiro atoms. The van der Waals surface area contributed by atoms with Crippen molar-refractivity contribution in [2.75, 3.05) is 6.54 Å². The highest BCUT2D eigenvalue weighted by Crippen LogP contribution is 2.11. The van der Waals surface area contributed by atoms with Crippen LogP contribution in [0.15, 0.2) is 85.2 Å². The molecular weight excluding hydrogens is 392 g/mol. The Bertz CT molecular complexity index is 894. The molecule has 1 unspecified atom stereocenters. The molecule has 3 N–H and O–H groups in total. The largest absolute Gasteiger partial charge is 0.353 e. The quantitative estimate of drug-likeness (QED) is 0.551. The molecule has 154 valence electrons. The maximum absolute atomic E-state index is 12.4. The third kappa shape index (κ3) is 6.67. The summed E-state index contributed by atoms with van der Waals surface area (Å²) < 4.78 is 0. The summed E-state index contributed by atoms with van der Waals surface area (Å²) in [7, 11) is 0. The van der Waals surface area contributed by atoms with Crippen LogP contribution in [0.2, 0.25) is 0 Å². The van der Waals surface area contributed by atoms with Crippen LogP contribution in [0.5, 0.6) is 0 Å². The maximum Gasteiger partial charge on any atom is 0.239 e. The number of aromatic nitrogens is 1. The van der Waals surface area contributed by atoms with Gasteiger partial charge >= 0.3 is 0 Å². The molecule has 1 aromatic heterocycles. The summed E-state index contributed by atoms with van der Waals surface area (Å²) in [6.07, 6.45) is 3.83. The first-order valence-corrected chi connectivity index (χ1v) is 10.4. The van der Waals surface area contributed by atoms with Gasteiger partial charge in [-0.05, 0) is 36.3 Å². The van der Waals surface area contributed by atoms with E-state index < -0.39 is 0 Å². The standard InChI is InChI=1S/C24H26N4OS/c1-19(22-12-6-3-7-13-22)27-23(29)16-26-24(30)28(17-20-9-4-2-5-10-20)18-21-11-8-14-25-15-21/h2-15,19H,16-18H2,1H3,(H,26,30)(H,27,29)/p+1. The molecule has 0 aliphatic heterocycles. The number of carbonyl (C=O) groups excluding carboxylic acids is 1. The van der Waals surface area contributed by atoms with Gasteiger partial charge in [0.1, 0.15) is 0 Å². The fourth-order valence-corrected chi connectivity index (χ4v) is 3.34. The summed E-state index contributed by atoms with van der Waals surface area (Å²) in [5.41, 5.74) is 3.34. The van der Waals surface area contributed by atoms with Crippen molar-refractivity contribution in [1.82, 2.24) is 15.5 Å². The molecule has 1 atom stereocenters. The van der Waals surface area contributed by atoms with Crippen LogP contribution in [-0.2, 0) is 17.9 Å². The van der Waals surface area contributed by atoms with Crippen molar-refractivity contribution in [3.8, 4) is 0 Å². The van der Waals surface area contributed by atoms with Crippen LogP contribution in [0.25, 0.3) is 0 Å². The molecular formula is C24H27N4OS+. The number of nitrogens with zero attached hydrogens (tertiary/aromatic N) is 1. The number of carbonyl (C=O) groups is 1. The first-order chi connectivity index (χ1) is 14.6. The summed E-state index contributed by atoms with van der Waals surface area (Å²) in [5.74, 6) is -0.0959. The van der Waals surface area contributed by atoms with Crippen molar-refractivity contribution >= 4 is 23.2 Å². The molecule has 30 heavy (non-hydrogen) atoms. The molecule has 0 aliphatic rings. The van der Waals surface area contributed by atoms with Gasteiger partial charge in [-0.25, -0.2) is 4.98 Å². The van der Waals surface area contributed by atoms with Crippen LogP contribution in [0.3, 0.4) is 0 Å². The fraction of sp³-hybridized carbons (Fsp3) is 0.208. The van der Waals surface area contributed by atoms with Gasteiger partial charge in [0.25, 0.3) is 0 Å². The van der Waals surface area contributed by atoms with Gasteiger partial charge in [0.05, 0.1) is 19.1 Å². The van der Waals surface area contributed by atoms with Gasteiger partial charge in [-0.1, -0.05) is 60.7 Å². The molecule has 0 radical (unpaired) electrons. The number of hydrogen-bond donors (Lipinski definition) is 2. The van der Waals surface area contributed by atoms with Crippen LogP contribution in [0.1, 0.15) is 29.7 Å². The molecule has 5 nitrogen and oxygen atoms in total. The van der Waals surface area contributed by atoms with Gasteiger partial charge in [-0.3, -0.25) is 4.79 Å². The molecule has 0 aliphatic carbocycles. The average molecular weight is 420 g/mol. The van der Waals surface area contributed by atoms with Crippen molar-refractivity contribution < 1.29 is 9.78 Å². The minimum Gasteiger partial charge on any atom is -0.353 e. The second-order valence-corrected chi connectivity index (χ2v) is 7.50. The van der Waals surface area contributed by atoms with Crippen LogP contribution in [0.4, 0.5) is 0 Å². The zero-order valence-electron chi connectivity index (χ0n) is 17.0. The molecule has 3 aromatic rings. The topological polar surface area (TPSA) is 58.5 Å². The molecule has 3 rings (SSSR count). The molecule has 1 heterocycles.